The smallest absolute Gasteiger partial charge is 0.309 e. The van der Waals surface area contributed by atoms with E-state index in [4.69, 9.17) is 9.47 Å². The molecule has 0 aromatic rings. The van der Waals surface area contributed by atoms with Crippen molar-refractivity contribution >= 4 is 5.97 Å². The van der Waals surface area contributed by atoms with E-state index in [-0.39, 0.29) is 17.5 Å². The Morgan fingerprint density at radius 1 is 1.23 bits per heavy atom. The van der Waals surface area contributed by atoms with E-state index in [0.717, 1.165) is 32.3 Å². The Kier molecular flexibility index (Phi) is 4.55. The van der Waals surface area contributed by atoms with Crippen molar-refractivity contribution in [1.82, 2.24) is 0 Å². The van der Waals surface area contributed by atoms with E-state index >= 15 is 0 Å². The molecule has 3 heteroatoms. The number of hydrogen-bond donors (Lipinski definition) is 0. The summed E-state index contributed by atoms with van der Waals surface area (Å²) >= 11 is 0. The van der Waals surface area contributed by atoms with Crippen LogP contribution in [0.25, 0.3) is 0 Å². The summed E-state index contributed by atoms with van der Waals surface area (Å²) in [5.41, 5.74) is -0.200. The van der Waals surface area contributed by atoms with Crippen molar-refractivity contribution in [3.05, 3.63) is 0 Å². The van der Waals surface area contributed by atoms with Crippen LogP contribution < -0.4 is 0 Å². The molecule has 0 N–H and O–H groups in total. The molecule has 0 spiro atoms. The molecular weight excluding hydrogens is 276 g/mol. The van der Waals surface area contributed by atoms with E-state index in [0.29, 0.717) is 29.6 Å². The van der Waals surface area contributed by atoms with Gasteiger partial charge in [0.25, 0.3) is 0 Å². The molecule has 3 aliphatic rings. The van der Waals surface area contributed by atoms with Crippen molar-refractivity contribution in [3.63, 3.8) is 0 Å². The third-order valence-electron chi connectivity index (χ3n) is 6.94. The number of methoxy groups -OCH3 is 1. The summed E-state index contributed by atoms with van der Waals surface area (Å²) in [6, 6.07) is 0. The molecule has 0 radical (unpaired) electrons. The van der Waals surface area contributed by atoms with Crippen LogP contribution in [0.4, 0.5) is 0 Å². The van der Waals surface area contributed by atoms with Crippen LogP contribution in [0.2, 0.25) is 0 Å². The fourth-order valence-electron chi connectivity index (χ4n) is 5.86. The summed E-state index contributed by atoms with van der Waals surface area (Å²) < 4.78 is 11.7. The molecule has 0 heterocycles. The van der Waals surface area contributed by atoms with Gasteiger partial charge in [0, 0.05) is 19.6 Å². The molecule has 3 aliphatic carbocycles. The standard InChI is InChI=1S/C19H32O3/c1-5-19(10-14-6-7-17(19)16(14)11-21-4)22-18(20)15-9-12(2)8-13(15)3/h12-17H,5-11H2,1-4H3. The molecule has 3 fully saturated rings. The fraction of sp³-hybridized carbons (Fsp3) is 0.947. The Morgan fingerprint density at radius 3 is 2.59 bits per heavy atom. The number of ether oxygens (including phenoxy) is 2. The lowest BCUT2D eigenvalue weighted by molar-refractivity contribution is -0.173. The molecule has 3 nitrogen and oxygen atoms in total. The first-order valence-electron chi connectivity index (χ1n) is 9.22. The zero-order valence-electron chi connectivity index (χ0n) is 14.6. The maximum absolute atomic E-state index is 12.8. The second-order valence-electron chi connectivity index (χ2n) is 8.27. The number of fused-ring (bicyclic) bond motifs is 2. The average molecular weight is 308 g/mol. The van der Waals surface area contributed by atoms with Crippen LogP contribution in [0.15, 0.2) is 0 Å². The van der Waals surface area contributed by atoms with Gasteiger partial charge < -0.3 is 9.47 Å². The molecule has 0 aliphatic heterocycles. The first-order chi connectivity index (χ1) is 10.5. The van der Waals surface area contributed by atoms with Gasteiger partial charge in [-0.1, -0.05) is 20.8 Å². The molecule has 0 saturated heterocycles. The SMILES string of the molecule is CCC1(OC(=O)C2CC(C)CC2C)CC2CCC1C2COC. The normalized spacial score (nSPS) is 47.1. The first-order valence-corrected chi connectivity index (χ1v) is 9.22. The van der Waals surface area contributed by atoms with Crippen molar-refractivity contribution in [3.8, 4) is 0 Å². The molecule has 3 rings (SSSR count). The monoisotopic (exact) mass is 308 g/mol. The van der Waals surface area contributed by atoms with Crippen LogP contribution in [0, 0.1) is 35.5 Å². The van der Waals surface area contributed by atoms with E-state index < -0.39 is 0 Å². The summed E-state index contributed by atoms with van der Waals surface area (Å²) in [5, 5.41) is 0. The third kappa shape index (κ3) is 2.60. The lowest BCUT2D eigenvalue weighted by atomic mass is 9.81. The van der Waals surface area contributed by atoms with Crippen molar-refractivity contribution in [2.75, 3.05) is 13.7 Å². The van der Waals surface area contributed by atoms with Gasteiger partial charge in [0.1, 0.15) is 5.60 Å². The van der Waals surface area contributed by atoms with Crippen molar-refractivity contribution in [2.24, 2.45) is 35.5 Å². The molecule has 0 aromatic heterocycles. The number of carbonyl (C=O) groups excluding carboxylic acids is 1. The highest BCUT2D eigenvalue weighted by Gasteiger charge is 2.58. The predicted octanol–water partition coefficient (Wildman–Crippen LogP) is 4.05. The number of esters is 1. The summed E-state index contributed by atoms with van der Waals surface area (Å²) in [6.45, 7) is 7.48. The summed E-state index contributed by atoms with van der Waals surface area (Å²) in [5.74, 6) is 3.15. The Bertz CT molecular complexity index is 421. The van der Waals surface area contributed by atoms with Gasteiger partial charge in [-0.15, -0.1) is 0 Å². The maximum Gasteiger partial charge on any atom is 0.309 e. The number of carbonyl (C=O) groups is 1. The highest BCUT2D eigenvalue weighted by atomic mass is 16.6. The highest BCUT2D eigenvalue weighted by Crippen LogP contribution is 2.58. The molecule has 0 aromatic carbocycles. The van der Waals surface area contributed by atoms with Gasteiger partial charge in [0.15, 0.2) is 0 Å². The Labute approximate surface area is 135 Å². The molecule has 22 heavy (non-hydrogen) atoms. The van der Waals surface area contributed by atoms with Crippen LogP contribution in [0.3, 0.4) is 0 Å². The summed E-state index contributed by atoms with van der Waals surface area (Å²) in [7, 11) is 1.79. The second-order valence-corrected chi connectivity index (χ2v) is 8.27. The maximum atomic E-state index is 12.8. The van der Waals surface area contributed by atoms with Crippen molar-refractivity contribution < 1.29 is 14.3 Å². The van der Waals surface area contributed by atoms with Crippen LogP contribution in [-0.2, 0) is 14.3 Å². The zero-order valence-corrected chi connectivity index (χ0v) is 14.6. The minimum atomic E-state index is -0.200. The molecule has 7 unspecified atom stereocenters. The zero-order chi connectivity index (χ0) is 15.9. The molecule has 7 atom stereocenters. The number of rotatable bonds is 5. The van der Waals surface area contributed by atoms with Crippen LogP contribution in [0.1, 0.15) is 59.3 Å². The Balaban J connectivity index is 1.71. The van der Waals surface area contributed by atoms with Gasteiger partial charge >= 0.3 is 5.97 Å². The van der Waals surface area contributed by atoms with Gasteiger partial charge in [-0.25, -0.2) is 0 Å². The minimum absolute atomic E-state index is 0.0856. The van der Waals surface area contributed by atoms with E-state index in [1.165, 1.54) is 12.8 Å². The van der Waals surface area contributed by atoms with Gasteiger partial charge in [0.05, 0.1) is 5.92 Å². The Morgan fingerprint density at radius 2 is 2.00 bits per heavy atom. The summed E-state index contributed by atoms with van der Waals surface area (Å²) in [4.78, 5) is 12.8. The lowest BCUT2D eigenvalue weighted by Crippen LogP contribution is -2.42. The molecular formula is C19H32O3. The minimum Gasteiger partial charge on any atom is -0.459 e. The van der Waals surface area contributed by atoms with Gasteiger partial charge in [-0.2, -0.15) is 0 Å². The third-order valence-corrected chi connectivity index (χ3v) is 6.94. The van der Waals surface area contributed by atoms with E-state index in [1.807, 2.05) is 0 Å². The van der Waals surface area contributed by atoms with Gasteiger partial charge in [-0.05, 0) is 62.2 Å². The van der Waals surface area contributed by atoms with Crippen molar-refractivity contribution in [2.45, 2.75) is 64.9 Å². The molecule has 0 amide bonds. The second kappa shape index (κ2) is 6.14. The van der Waals surface area contributed by atoms with E-state index in [1.54, 1.807) is 7.11 Å². The largest absolute Gasteiger partial charge is 0.459 e. The predicted molar refractivity (Wildman–Crippen MR) is 86.4 cm³/mol. The van der Waals surface area contributed by atoms with Crippen molar-refractivity contribution in [1.29, 1.82) is 0 Å². The fourth-order valence-corrected chi connectivity index (χ4v) is 5.86. The van der Waals surface area contributed by atoms with Gasteiger partial charge in [0.2, 0.25) is 0 Å². The highest BCUT2D eigenvalue weighted by molar-refractivity contribution is 5.73. The van der Waals surface area contributed by atoms with Crippen LogP contribution in [0.5, 0.6) is 0 Å². The van der Waals surface area contributed by atoms with E-state index in [2.05, 4.69) is 20.8 Å². The lowest BCUT2D eigenvalue weighted by Gasteiger charge is -2.38. The molecule has 2 bridgehead atoms. The molecule has 3 saturated carbocycles. The average Bonchev–Trinajstić information content (AvgIpc) is 3.11. The topological polar surface area (TPSA) is 35.5 Å². The van der Waals surface area contributed by atoms with Crippen LogP contribution >= 0.6 is 0 Å². The quantitative estimate of drug-likeness (QED) is 0.719. The Hall–Kier alpha value is -0.570. The summed E-state index contributed by atoms with van der Waals surface area (Å²) in [6.07, 6.45) is 6.68. The van der Waals surface area contributed by atoms with Crippen LogP contribution in [-0.4, -0.2) is 25.3 Å². The first kappa shape index (κ1) is 16.3. The number of hydrogen-bond acceptors (Lipinski definition) is 3. The molecule has 126 valence electrons. The van der Waals surface area contributed by atoms with Gasteiger partial charge in [-0.3, -0.25) is 4.79 Å². The van der Waals surface area contributed by atoms with E-state index in [9.17, 15) is 4.79 Å².